The molecule has 0 bridgehead atoms. The first kappa shape index (κ1) is 15.4. The van der Waals surface area contributed by atoms with Gasteiger partial charge in [-0.3, -0.25) is 0 Å². The van der Waals surface area contributed by atoms with E-state index in [4.69, 9.17) is 0 Å². The van der Waals surface area contributed by atoms with Crippen molar-refractivity contribution in [3.63, 3.8) is 0 Å². The van der Waals surface area contributed by atoms with Crippen molar-refractivity contribution in [2.75, 3.05) is 5.32 Å². The lowest BCUT2D eigenvalue weighted by atomic mass is 10.1. The maximum Gasteiger partial charge on any atom is 0.339 e. The van der Waals surface area contributed by atoms with Crippen molar-refractivity contribution < 1.29 is 9.90 Å². The minimum absolute atomic E-state index is 0.0780. The Morgan fingerprint density at radius 3 is 2.38 bits per heavy atom. The highest BCUT2D eigenvalue weighted by atomic mass is 32.1. The molecule has 0 spiro atoms. The highest BCUT2D eigenvalue weighted by Gasteiger charge is 2.21. The molecule has 0 aliphatic carbocycles. The normalized spacial score (nSPS) is 12.2. The van der Waals surface area contributed by atoms with Crippen LogP contribution in [0.1, 0.15) is 50.2 Å². The third kappa shape index (κ3) is 3.02. The van der Waals surface area contributed by atoms with Gasteiger partial charge >= 0.3 is 5.97 Å². The number of hydrogen-bond acceptors (Lipinski definition) is 6. The molecule has 21 heavy (non-hydrogen) atoms. The van der Waals surface area contributed by atoms with Crippen LogP contribution in [0, 0.1) is 27.7 Å². The molecule has 2 N–H and O–H groups in total. The Morgan fingerprint density at radius 1 is 1.19 bits per heavy atom. The molecule has 1 atom stereocenters. The Labute approximate surface area is 127 Å². The fourth-order valence-corrected chi connectivity index (χ4v) is 3.12. The van der Waals surface area contributed by atoms with E-state index in [-0.39, 0.29) is 11.6 Å². The van der Waals surface area contributed by atoms with Gasteiger partial charge in [-0.15, -0.1) is 16.4 Å². The van der Waals surface area contributed by atoms with Gasteiger partial charge in [-0.1, -0.05) is 0 Å². The van der Waals surface area contributed by atoms with Crippen LogP contribution in [-0.4, -0.2) is 26.3 Å². The van der Waals surface area contributed by atoms with Crippen molar-refractivity contribution in [3.8, 4) is 0 Å². The number of anilines is 1. The third-order valence-electron chi connectivity index (χ3n) is 3.35. The van der Waals surface area contributed by atoms with Crippen LogP contribution in [0.2, 0.25) is 0 Å². The topological polar surface area (TPSA) is 88.0 Å². The average Bonchev–Trinajstić information content (AvgIpc) is 2.72. The summed E-state index contributed by atoms with van der Waals surface area (Å²) in [5, 5.41) is 21.5. The summed E-state index contributed by atoms with van der Waals surface area (Å²) in [6.45, 7) is 9.35. The minimum atomic E-state index is -1.00. The molecule has 0 aliphatic heterocycles. The van der Waals surface area contributed by atoms with Crippen molar-refractivity contribution in [1.82, 2.24) is 15.2 Å². The first-order valence-corrected chi connectivity index (χ1v) is 7.40. The van der Waals surface area contributed by atoms with Crippen LogP contribution < -0.4 is 5.32 Å². The van der Waals surface area contributed by atoms with E-state index in [1.54, 1.807) is 25.2 Å². The Balaban J connectivity index is 2.38. The number of carboxylic acid groups (broad SMARTS) is 1. The van der Waals surface area contributed by atoms with Gasteiger partial charge in [-0.2, -0.15) is 5.10 Å². The SMILES string of the molecule is Cc1nc(C)c(C(C)Nc2nnc(C)c(C)c2C(=O)O)s1. The smallest absolute Gasteiger partial charge is 0.339 e. The fourth-order valence-electron chi connectivity index (χ4n) is 2.19. The fraction of sp³-hybridized carbons (Fsp3) is 0.429. The number of carbonyl (C=O) groups is 1. The molecule has 0 radical (unpaired) electrons. The predicted octanol–water partition coefficient (Wildman–Crippen LogP) is 3.04. The van der Waals surface area contributed by atoms with Gasteiger partial charge in [-0.05, 0) is 40.2 Å². The number of hydrogen-bond donors (Lipinski definition) is 2. The van der Waals surface area contributed by atoms with Crippen molar-refractivity contribution >= 4 is 23.1 Å². The maximum atomic E-state index is 11.5. The standard InChI is InChI=1S/C14H18N4O2S/c1-6-7(2)17-18-13(11(6)14(19)20)16-9(4)12-8(3)15-10(5)21-12/h9H,1-5H3,(H,16,18)(H,19,20). The van der Waals surface area contributed by atoms with E-state index in [1.165, 1.54) is 0 Å². The molecule has 0 aliphatic rings. The van der Waals surface area contributed by atoms with Gasteiger partial charge < -0.3 is 10.4 Å². The number of aromatic carboxylic acids is 1. The van der Waals surface area contributed by atoms with Gasteiger partial charge in [0.1, 0.15) is 5.56 Å². The van der Waals surface area contributed by atoms with E-state index in [2.05, 4.69) is 20.5 Å². The summed E-state index contributed by atoms with van der Waals surface area (Å²) >= 11 is 1.59. The molecule has 2 aromatic rings. The molecular formula is C14H18N4O2S. The van der Waals surface area contributed by atoms with Crippen LogP contribution in [0.25, 0.3) is 0 Å². The lowest BCUT2D eigenvalue weighted by Crippen LogP contribution is -2.15. The van der Waals surface area contributed by atoms with E-state index in [1.807, 2.05) is 20.8 Å². The van der Waals surface area contributed by atoms with E-state index < -0.39 is 5.97 Å². The largest absolute Gasteiger partial charge is 0.478 e. The van der Waals surface area contributed by atoms with Gasteiger partial charge in [-0.25, -0.2) is 9.78 Å². The molecule has 0 aromatic carbocycles. The molecule has 2 rings (SSSR count). The first-order chi connectivity index (χ1) is 9.81. The third-order valence-corrected chi connectivity index (χ3v) is 4.61. The number of nitrogens with zero attached hydrogens (tertiary/aromatic N) is 3. The van der Waals surface area contributed by atoms with Crippen molar-refractivity contribution in [2.45, 2.75) is 40.7 Å². The van der Waals surface area contributed by atoms with E-state index >= 15 is 0 Å². The Kier molecular flexibility index (Phi) is 4.22. The Morgan fingerprint density at radius 2 is 1.86 bits per heavy atom. The number of thiazole rings is 1. The molecule has 2 aromatic heterocycles. The van der Waals surface area contributed by atoms with E-state index in [9.17, 15) is 9.90 Å². The molecular weight excluding hydrogens is 288 g/mol. The molecule has 0 amide bonds. The van der Waals surface area contributed by atoms with Crippen LogP contribution in [-0.2, 0) is 0 Å². The second-order valence-corrected chi connectivity index (χ2v) is 6.22. The van der Waals surface area contributed by atoms with Gasteiger partial charge in [0.05, 0.1) is 22.4 Å². The van der Waals surface area contributed by atoms with Gasteiger partial charge in [0.25, 0.3) is 0 Å². The number of carboxylic acids is 1. The van der Waals surface area contributed by atoms with Crippen LogP contribution >= 0.6 is 11.3 Å². The van der Waals surface area contributed by atoms with Gasteiger partial charge in [0.2, 0.25) is 0 Å². The van der Waals surface area contributed by atoms with Crippen molar-refractivity contribution in [2.24, 2.45) is 0 Å². The van der Waals surface area contributed by atoms with Gasteiger partial charge in [0, 0.05) is 4.88 Å². The van der Waals surface area contributed by atoms with E-state index in [0.29, 0.717) is 17.1 Å². The quantitative estimate of drug-likeness (QED) is 0.902. The zero-order chi connectivity index (χ0) is 15.7. The van der Waals surface area contributed by atoms with Crippen LogP contribution in [0.5, 0.6) is 0 Å². The molecule has 6 nitrogen and oxygen atoms in total. The predicted molar refractivity (Wildman–Crippen MR) is 82.1 cm³/mol. The number of nitrogens with one attached hydrogen (secondary N) is 1. The summed E-state index contributed by atoms with van der Waals surface area (Å²) < 4.78 is 0. The van der Waals surface area contributed by atoms with Gasteiger partial charge in [0.15, 0.2) is 5.82 Å². The lowest BCUT2D eigenvalue weighted by Gasteiger charge is -2.16. The zero-order valence-corrected chi connectivity index (χ0v) is 13.5. The van der Waals surface area contributed by atoms with Crippen LogP contribution in [0.15, 0.2) is 0 Å². The molecule has 0 saturated heterocycles. The summed E-state index contributed by atoms with van der Waals surface area (Å²) in [6, 6.07) is -0.0780. The van der Waals surface area contributed by atoms with E-state index in [0.717, 1.165) is 15.6 Å². The summed E-state index contributed by atoms with van der Waals surface area (Å²) in [6.07, 6.45) is 0. The number of aromatic nitrogens is 3. The Bertz CT molecular complexity index is 697. The molecule has 7 heteroatoms. The maximum absolute atomic E-state index is 11.5. The first-order valence-electron chi connectivity index (χ1n) is 6.59. The van der Waals surface area contributed by atoms with Crippen LogP contribution in [0.4, 0.5) is 5.82 Å². The summed E-state index contributed by atoms with van der Waals surface area (Å²) in [7, 11) is 0. The van der Waals surface area contributed by atoms with Crippen LogP contribution in [0.3, 0.4) is 0 Å². The highest BCUT2D eigenvalue weighted by molar-refractivity contribution is 7.11. The molecule has 0 fully saturated rings. The zero-order valence-electron chi connectivity index (χ0n) is 12.7. The number of aryl methyl sites for hydroxylation is 3. The molecule has 2 heterocycles. The summed E-state index contributed by atoms with van der Waals surface area (Å²) in [5.74, 6) is -0.707. The molecule has 1 unspecified atom stereocenters. The molecule has 0 saturated carbocycles. The summed E-state index contributed by atoms with van der Waals surface area (Å²) in [4.78, 5) is 16.9. The molecule has 112 valence electrons. The Hall–Kier alpha value is -2.02. The van der Waals surface area contributed by atoms with Crippen molar-refractivity contribution in [3.05, 3.63) is 32.4 Å². The second kappa shape index (κ2) is 5.77. The minimum Gasteiger partial charge on any atom is -0.478 e. The monoisotopic (exact) mass is 306 g/mol. The van der Waals surface area contributed by atoms with Crippen molar-refractivity contribution in [1.29, 1.82) is 0 Å². The number of rotatable bonds is 4. The highest BCUT2D eigenvalue weighted by Crippen LogP contribution is 2.28. The lowest BCUT2D eigenvalue weighted by molar-refractivity contribution is 0.0696. The average molecular weight is 306 g/mol. The second-order valence-electron chi connectivity index (χ2n) is 4.99. The summed E-state index contributed by atoms with van der Waals surface area (Å²) in [5.41, 5.74) is 2.37.